The SMILES string of the molecule is COC(=O)NCC1CCC(c2cc(F)ccc2F)(S(=O)(=O)c2ccc(Cl)cc2)CC1. The van der Waals surface area contributed by atoms with Gasteiger partial charge in [-0.3, -0.25) is 0 Å². The third-order valence-corrected chi connectivity index (χ3v) is 8.49. The van der Waals surface area contributed by atoms with Crippen molar-refractivity contribution in [1.82, 2.24) is 5.32 Å². The first-order chi connectivity index (χ1) is 14.2. The van der Waals surface area contributed by atoms with Gasteiger partial charge in [0.05, 0.1) is 12.0 Å². The third kappa shape index (κ3) is 4.30. The van der Waals surface area contributed by atoms with E-state index in [4.69, 9.17) is 11.6 Å². The van der Waals surface area contributed by atoms with Crippen LogP contribution in [0.2, 0.25) is 5.02 Å². The van der Waals surface area contributed by atoms with Crippen LogP contribution in [-0.2, 0) is 19.3 Å². The van der Waals surface area contributed by atoms with Crippen molar-refractivity contribution >= 4 is 27.5 Å². The zero-order chi connectivity index (χ0) is 21.9. The number of hydrogen-bond acceptors (Lipinski definition) is 4. The quantitative estimate of drug-likeness (QED) is 0.697. The average molecular weight is 458 g/mol. The van der Waals surface area contributed by atoms with E-state index in [0.717, 1.165) is 18.2 Å². The van der Waals surface area contributed by atoms with Gasteiger partial charge in [-0.25, -0.2) is 22.0 Å². The largest absolute Gasteiger partial charge is 0.453 e. The van der Waals surface area contributed by atoms with Gasteiger partial charge in [0, 0.05) is 17.1 Å². The van der Waals surface area contributed by atoms with Crippen LogP contribution in [0.4, 0.5) is 13.6 Å². The number of rotatable bonds is 5. The number of ether oxygens (including phenoxy) is 1. The highest BCUT2D eigenvalue weighted by molar-refractivity contribution is 7.92. The summed E-state index contributed by atoms with van der Waals surface area (Å²) >= 11 is 5.89. The van der Waals surface area contributed by atoms with Crippen molar-refractivity contribution in [2.45, 2.75) is 35.3 Å². The average Bonchev–Trinajstić information content (AvgIpc) is 2.74. The Bertz CT molecular complexity index is 1020. The summed E-state index contributed by atoms with van der Waals surface area (Å²) in [5.41, 5.74) is -0.170. The van der Waals surface area contributed by atoms with Gasteiger partial charge in [-0.05, 0) is 74.1 Å². The molecule has 162 valence electrons. The number of benzene rings is 2. The number of nitrogens with one attached hydrogen (secondary N) is 1. The first kappa shape index (κ1) is 22.5. The molecule has 5 nitrogen and oxygen atoms in total. The molecule has 1 aliphatic rings. The summed E-state index contributed by atoms with van der Waals surface area (Å²) < 4.78 is 59.1. The Hall–Kier alpha value is -2.19. The minimum atomic E-state index is -4.07. The van der Waals surface area contributed by atoms with Crippen molar-refractivity contribution in [3.63, 3.8) is 0 Å². The normalized spacial score (nSPS) is 21.8. The van der Waals surface area contributed by atoms with Crippen LogP contribution in [0.5, 0.6) is 0 Å². The van der Waals surface area contributed by atoms with Crippen LogP contribution in [0.25, 0.3) is 0 Å². The van der Waals surface area contributed by atoms with Gasteiger partial charge in [0.1, 0.15) is 16.4 Å². The van der Waals surface area contributed by atoms with Gasteiger partial charge >= 0.3 is 6.09 Å². The van der Waals surface area contributed by atoms with E-state index < -0.39 is 32.3 Å². The van der Waals surface area contributed by atoms with Gasteiger partial charge in [-0.1, -0.05) is 11.6 Å². The highest BCUT2D eigenvalue weighted by Crippen LogP contribution is 2.49. The third-order valence-electron chi connectivity index (χ3n) is 5.69. The summed E-state index contributed by atoms with van der Waals surface area (Å²) in [5, 5.41) is 2.98. The van der Waals surface area contributed by atoms with E-state index in [1.807, 2.05) is 0 Å². The summed E-state index contributed by atoms with van der Waals surface area (Å²) in [4.78, 5) is 11.3. The predicted octanol–water partition coefficient (Wildman–Crippen LogP) is 4.83. The number of sulfone groups is 1. The molecule has 9 heteroatoms. The zero-order valence-electron chi connectivity index (χ0n) is 16.3. The second-order valence-corrected chi connectivity index (χ2v) is 10.1. The standard InChI is InChI=1S/C21H22ClF2NO4S/c1-29-20(26)25-13-14-8-10-21(11-9-14,18-12-16(23)4-7-19(18)24)30(27,28)17-5-2-15(22)3-6-17/h2-7,12,14H,8-11,13H2,1H3,(H,25,26). The fourth-order valence-electron chi connectivity index (χ4n) is 4.02. The Morgan fingerprint density at radius 2 is 1.80 bits per heavy atom. The molecule has 0 saturated heterocycles. The molecule has 30 heavy (non-hydrogen) atoms. The second kappa shape index (κ2) is 8.89. The fourth-order valence-corrected chi connectivity index (χ4v) is 6.31. The van der Waals surface area contributed by atoms with Gasteiger partial charge in [0.15, 0.2) is 9.84 Å². The van der Waals surface area contributed by atoms with Crippen LogP contribution in [0.15, 0.2) is 47.4 Å². The smallest absolute Gasteiger partial charge is 0.406 e. The molecule has 0 aliphatic heterocycles. The molecule has 3 rings (SSSR count). The molecule has 0 aromatic heterocycles. The van der Waals surface area contributed by atoms with Crippen LogP contribution in [0, 0.1) is 17.6 Å². The number of carbonyl (C=O) groups is 1. The Morgan fingerprint density at radius 3 is 2.40 bits per heavy atom. The fraction of sp³-hybridized carbons (Fsp3) is 0.381. The molecular weight excluding hydrogens is 436 g/mol. The number of alkyl carbamates (subject to hydrolysis) is 1. The Balaban J connectivity index is 2.00. The molecule has 2 aromatic rings. The van der Waals surface area contributed by atoms with Crippen LogP contribution in [0.1, 0.15) is 31.2 Å². The number of amides is 1. The molecule has 1 fully saturated rings. The monoisotopic (exact) mass is 457 g/mol. The molecule has 0 radical (unpaired) electrons. The zero-order valence-corrected chi connectivity index (χ0v) is 17.9. The molecule has 1 amide bonds. The number of methoxy groups -OCH3 is 1. The molecule has 0 atom stereocenters. The van der Waals surface area contributed by atoms with Crippen molar-refractivity contribution in [1.29, 1.82) is 0 Å². The van der Waals surface area contributed by atoms with Crippen molar-refractivity contribution in [3.8, 4) is 0 Å². The first-order valence-corrected chi connectivity index (χ1v) is 11.3. The van der Waals surface area contributed by atoms with Crippen LogP contribution in [0.3, 0.4) is 0 Å². The maximum absolute atomic E-state index is 14.8. The summed E-state index contributed by atoms with van der Waals surface area (Å²) in [7, 11) is -2.81. The molecule has 2 aromatic carbocycles. The maximum Gasteiger partial charge on any atom is 0.406 e. The molecule has 0 heterocycles. The number of halogens is 3. The summed E-state index contributed by atoms with van der Waals surface area (Å²) in [5.74, 6) is -1.47. The number of hydrogen-bond donors (Lipinski definition) is 1. The first-order valence-electron chi connectivity index (χ1n) is 9.47. The Morgan fingerprint density at radius 1 is 1.17 bits per heavy atom. The van der Waals surface area contributed by atoms with Crippen molar-refractivity contribution in [2.75, 3.05) is 13.7 Å². The van der Waals surface area contributed by atoms with E-state index in [0.29, 0.717) is 24.4 Å². The van der Waals surface area contributed by atoms with Crippen molar-refractivity contribution in [3.05, 3.63) is 64.7 Å². The Kier molecular flexibility index (Phi) is 6.67. The molecule has 0 unspecified atom stereocenters. The minimum absolute atomic E-state index is 0.00157. The molecule has 1 N–H and O–H groups in total. The van der Waals surface area contributed by atoms with Crippen LogP contribution >= 0.6 is 11.6 Å². The van der Waals surface area contributed by atoms with E-state index in [1.165, 1.54) is 31.4 Å². The maximum atomic E-state index is 14.8. The highest BCUT2D eigenvalue weighted by Gasteiger charge is 2.50. The van der Waals surface area contributed by atoms with Crippen molar-refractivity contribution in [2.24, 2.45) is 5.92 Å². The predicted molar refractivity (Wildman–Crippen MR) is 109 cm³/mol. The Labute approximate surface area is 179 Å². The molecule has 1 saturated carbocycles. The van der Waals surface area contributed by atoms with Crippen LogP contribution < -0.4 is 5.32 Å². The van der Waals surface area contributed by atoms with E-state index in [2.05, 4.69) is 10.1 Å². The van der Waals surface area contributed by atoms with E-state index in [1.54, 1.807) is 0 Å². The lowest BCUT2D eigenvalue weighted by molar-refractivity contribution is 0.166. The van der Waals surface area contributed by atoms with Gasteiger partial charge in [0.25, 0.3) is 0 Å². The lowest BCUT2D eigenvalue weighted by atomic mass is 9.77. The van der Waals surface area contributed by atoms with Gasteiger partial charge in [-0.15, -0.1) is 0 Å². The summed E-state index contributed by atoms with van der Waals surface area (Å²) in [6.45, 7) is 0.315. The van der Waals surface area contributed by atoms with E-state index >= 15 is 0 Å². The highest BCUT2D eigenvalue weighted by atomic mass is 35.5. The van der Waals surface area contributed by atoms with Gasteiger partial charge in [-0.2, -0.15) is 0 Å². The minimum Gasteiger partial charge on any atom is -0.453 e. The topological polar surface area (TPSA) is 72.5 Å². The second-order valence-electron chi connectivity index (χ2n) is 7.39. The van der Waals surface area contributed by atoms with Crippen molar-refractivity contribution < 1.29 is 26.7 Å². The molecule has 0 spiro atoms. The van der Waals surface area contributed by atoms with Crippen LogP contribution in [-0.4, -0.2) is 28.2 Å². The molecule has 0 bridgehead atoms. The summed E-state index contributed by atoms with van der Waals surface area (Å²) in [6, 6.07) is 8.55. The lowest BCUT2D eigenvalue weighted by Crippen LogP contribution is -2.42. The lowest BCUT2D eigenvalue weighted by Gasteiger charge is -2.40. The summed E-state index contributed by atoms with van der Waals surface area (Å²) in [6.07, 6.45) is 0.425. The number of carbonyl (C=O) groups excluding carboxylic acids is 1. The molecular formula is C21H22ClF2NO4S. The van der Waals surface area contributed by atoms with E-state index in [9.17, 15) is 22.0 Å². The van der Waals surface area contributed by atoms with E-state index in [-0.39, 0.29) is 29.2 Å². The molecule has 1 aliphatic carbocycles. The van der Waals surface area contributed by atoms with Gasteiger partial charge < -0.3 is 10.1 Å². The van der Waals surface area contributed by atoms with Gasteiger partial charge in [0.2, 0.25) is 0 Å².